The second kappa shape index (κ2) is 9.95. The van der Waals surface area contributed by atoms with Gasteiger partial charge in [-0.15, -0.1) is 0 Å². The fourth-order valence-corrected chi connectivity index (χ4v) is 2.54. The Balaban J connectivity index is 2.75. The zero-order chi connectivity index (χ0) is 14.8. The predicted octanol–water partition coefficient (Wildman–Crippen LogP) is 4.02. The van der Waals surface area contributed by atoms with Gasteiger partial charge in [-0.05, 0) is 50.0 Å². The summed E-state index contributed by atoms with van der Waals surface area (Å²) in [6, 6.07) is 9.59. The van der Waals surface area contributed by atoms with Gasteiger partial charge in [0, 0.05) is 12.6 Å². The fraction of sp³-hybridized carbons (Fsp3) is 0.667. The highest BCUT2D eigenvalue weighted by Crippen LogP contribution is 2.16. The quantitative estimate of drug-likeness (QED) is 0.694. The molecule has 0 bridgehead atoms. The van der Waals surface area contributed by atoms with Gasteiger partial charge in [-0.2, -0.15) is 0 Å². The maximum atomic E-state index is 3.70. The maximum absolute atomic E-state index is 3.70. The third-order valence-electron chi connectivity index (χ3n) is 3.86. The standard InChI is InChI=1S/C18H32N2/c1-5-13-19-18(15-20(8-4)14-6-2)17-11-9-16(7-3)10-12-17/h9-12,18-19H,5-8,13-15H2,1-4H3. The third-order valence-corrected chi connectivity index (χ3v) is 3.86. The molecule has 0 spiro atoms. The number of benzene rings is 1. The van der Waals surface area contributed by atoms with E-state index in [4.69, 9.17) is 0 Å². The van der Waals surface area contributed by atoms with Crippen LogP contribution < -0.4 is 5.32 Å². The van der Waals surface area contributed by atoms with Gasteiger partial charge in [0.05, 0.1) is 0 Å². The minimum Gasteiger partial charge on any atom is -0.309 e. The molecule has 0 aliphatic heterocycles. The van der Waals surface area contributed by atoms with Crippen LogP contribution in [0.25, 0.3) is 0 Å². The highest BCUT2D eigenvalue weighted by molar-refractivity contribution is 5.25. The van der Waals surface area contributed by atoms with Crippen molar-refractivity contribution in [3.05, 3.63) is 35.4 Å². The van der Waals surface area contributed by atoms with Crippen LogP contribution >= 0.6 is 0 Å². The summed E-state index contributed by atoms with van der Waals surface area (Å²) in [6.07, 6.45) is 3.52. The highest BCUT2D eigenvalue weighted by atomic mass is 15.1. The minimum absolute atomic E-state index is 0.451. The van der Waals surface area contributed by atoms with Crippen LogP contribution in [-0.4, -0.2) is 31.1 Å². The molecule has 1 aromatic carbocycles. The Hall–Kier alpha value is -0.860. The Morgan fingerprint density at radius 2 is 1.70 bits per heavy atom. The van der Waals surface area contributed by atoms with E-state index >= 15 is 0 Å². The van der Waals surface area contributed by atoms with Crippen molar-refractivity contribution in [2.75, 3.05) is 26.2 Å². The molecule has 114 valence electrons. The topological polar surface area (TPSA) is 15.3 Å². The molecule has 2 heteroatoms. The number of nitrogens with zero attached hydrogens (tertiary/aromatic N) is 1. The zero-order valence-corrected chi connectivity index (χ0v) is 13.8. The van der Waals surface area contributed by atoms with E-state index in [1.54, 1.807) is 0 Å². The highest BCUT2D eigenvalue weighted by Gasteiger charge is 2.14. The van der Waals surface area contributed by atoms with Crippen molar-refractivity contribution < 1.29 is 0 Å². The molecule has 1 aromatic rings. The van der Waals surface area contributed by atoms with Gasteiger partial charge in [-0.3, -0.25) is 0 Å². The summed E-state index contributed by atoms with van der Waals surface area (Å²) in [5.41, 5.74) is 2.84. The van der Waals surface area contributed by atoms with E-state index in [1.807, 2.05) is 0 Å². The van der Waals surface area contributed by atoms with E-state index in [1.165, 1.54) is 30.5 Å². The van der Waals surface area contributed by atoms with E-state index in [2.05, 4.69) is 62.2 Å². The third kappa shape index (κ3) is 5.64. The molecule has 1 rings (SSSR count). The van der Waals surface area contributed by atoms with Crippen molar-refractivity contribution in [1.82, 2.24) is 10.2 Å². The Kier molecular flexibility index (Phi) is 8.56. The van der Waals surface area contributed by atoms with Gasteiger partial charge in [0.15, 0.2) is 0 Å². The van der Waals surface area contributed by atoms with Crippen LogP contribution in [0.2, 0.25) is 0 Å². The number of hydrogen-bond donors (Lipinski definition) is 1. The largest absolute Gasteiger partial charge is 0.309 e. The maximum Gasteiger partial charge on any atom is 0.0449 e. The Morgan fingerprint density at radius 1 is 1.00 bits per heavy atom. The van der Waals surface area contributed by atoms with Crippen molar-refractivity contribution in [3.8, 4) is 0 Å². The molecule has 1 atom stereocenters. The second-order valence-electron chi connectivity index (χ2n) is 5.50. The van der Waals surface area contributed by atoms with Gasteiger partial charge < -0.3 is 10.2 Å². The average Bonchev–Trinajstić information content (AvgIpc) is 2.50. The molecule has 0 aromatic heterocycles. The molecule has 0 radical (unpaired) electrons. The molecule has 0 saturated heterocycles. The lowest BCUT2D eigenvalue weighted by Crippen LogP contribution is -2.36. The molecule has 0 fully saturated rings. The number of nitrogens with one attached hydrogen (secondary N) is 1. The average molecular weight is 276 g/mol. The van der Waals surface area contributed by atoms with E-state index in [-0.39, 0.29) is 0 Å². The van der Waals surface area contributed by atoms with Crippen LogP contribution in [0.15, 0.2) is 24.3 Å². The van der Waals surface area contributed by atoms with Crippen LogP contribution in [0.3, 0.4) is 0 Å². The Bertz CT molecular complexity index is 345. The first kappa shape index (κ1) is 17.2. The first-order valence-electron chi connectivity index (χ1n) is 8.29. The van der Waals surface area contributed by atoms with Gasteiger partial charge in [-0.25, -0.2) is 0 Å². The fourth-order valence-electron chi connectivity index (χ4n) is 2.54. The van der Waals surface area contributed by atoms with Crippen molar-refractivity contribution in [2.45, 2.75) is 53.0 Å². The Labute approximate surface area is 125 Å². The molecule has 0 aliphatic rings. The second-order valence-corrected chi connectivity index (χ2v) is 5.50. The van der Waals surface area contributed by atoms with Crippen molar-refractivity contribution in [2.24, 2.45) is 0 Å². The molecule has 1 unspecified atom stereocenters. The predicted molar refractivity (Wildman–Crippen MR) is 89.3 cm³/mol. The van der Waals surface area contributed by atoms with E-state index in [0.29, 0.717) is 6.04 Å². The number of hydrogen-bond acceptors (Lipinski definition) is 2. The van der Waals surface area contributed by atoms with Gasteiger partial charge >= 0.3 is 0 Å². The van der Waals surface area contributed by atoms with Crippen LogP contribution in [0.5, 0.6) is 0 Å². The summed E-state index contributed by atoms with van der Waals surface area (Å²) in [7, 11) is 0. The number of rotatable bonds is 10. The lowest BCUT2D eigenvalue weighted by molar-refractivity contribution is 0.254. The summed E-state index contributed by atoms with van der Waals surface area (Å²) >= 11 is 0. The van der Waals surface area contributed by atoms with Crippen molar-refractivity contribution in [3.63, 3.8) is 0 Å². The van der Waals surface area contributed by atoms with Crippen LogP contribution in [0.4, 0.5) is 0 Å². The summed E-state index contributed by atoms with van der Waals surface area (Å²) in [5.74, 6) is 0. The Morgan fingerprint density at radius 3 is 2.20 bits per heavy atom. The smallest absolute Gasteiger partial charge is 0.0449 e. The molecular formula is C18H32N2. The number of likely N-dealkylation sites (N-methyl/N-ethyl adjacent to an activating group) is 1. The summed E-state index contributed by atoms with van der Waals surface area (Å²) in [5, 5.41) is 3.70. The van der Waals surface area contributed by atoms with Crippen molar-refractivity contribution in [1.29, 1.82) is 0 Å². The van der Waals surface area contributed by atoms with Gasteiger partial charge in [0.1, 0.15) is 0 Å². The molecule has 0 aliphatic carbocycles. The van der Waals surface area contributed by atoms with E-state index in [9.17, 15) is 0 Å². The van der Waals surface area contributed by atoms with Gasteiger partial charge in [-0.1, -0.05) is 52.0 Å². The molecule has 0 heterocycles. The van der Waals surface area contributed by atoms with Crippen molar-refractivity contribution >= 4 is 0 Å². The molecule has 1 N–H and O–H groups in total. The minimum atomic E-state index is 0.451. The molecule has 20 heavy (non-hydrogen) atoms. The molecular weight excluding hydrogens is 244 g/mol. The van der Waals surface area contributed by atoms with Gasteiger partial charge in [0.25, 0.3) is 0 Å². The number of aryl methyl sites for hydroxylation is 1. The lowest BCUT2D eigenvalue weighted by atomic mass is 10.0. The summed E-state index contributed by atoms with van der Waals surface area (Å²) in [4.78, 5) is 2.54. The lowest BCUT2D eigenvalue weighted by Gasteiger charge is -2.27. The normalized spacial score (nSPS) is 12.8. The monoisotopic (exact) mass is 276 g/mol. The summed E-state index contributed by atoms with van der Waals surface area (Å²) in [6.45, 7) is 13.5. The van der Waals surface area contributed by atoms with Gasteiger partial charge in [0.2, 0.25) is 0 Å². The van der Waals surface area contributed by atoms with E-state index in [0.717, 1.165) is 26.1 Å². The first-order valence-corrected chi connectivity index (χ1v) is 8.29. The zero-order valence-electron chi connectivity index (χ0n) is 13.8. The molecule has 2 nitrogen and oxygen atoms in total. The SMILES string of the molecule is CCCNC(CN(CC)CCC)c1ccc(CC)cc1. The molecule has 0 amide bonds. The van der Waals surface area contributed by atoms with Crippen LogP contribution in [0, 0.1) is 0 Å². The van der Waals surface area contributed by atoms with Crippen LogP contribution in [-0.2, 0) is 6.42 Å². The molecule has 0 saturated carbocycles. The van der Waals surface area contributed by atoms with E-state index < -0.39 is 0 Å². The first-order chi connectivity index (χ1) is 9.74. The summed E-state index contributed by atoms with van der Waals surface area (Å²) < 4.78 is 0. The van der Waals surface area contributed by atoms with Crippen LogP contribution in [0.1, 0.15) is 57.7 Å².